The summed E-state index contributed by atoms with van der Waals surface area (Å²) >= 11 is 0. The highest BCUT2D eigenvalue weighted by molar-refractivity contribution is 5.98. The van der Waals surface area contributed by atoms with Crippen molar-refractivity contribution in [1.29, 1.82) is 0 Å². The molecule has 4 heteroatoms. The third-order valence-electron chi connectivity index (χ3n) is 3.41. The summed E-state index contributed by atoms with van der Waals surface area (Å²) in [7, 11) is 1.63. The lowest BCUT2D eigenvalue weighted by Gasteiger charge is -2.23. The lowest BCUT2D eigenvalue weighted by molar-refractivity contribution is 0.0907. The minimum atomic E-state index is -0.202. The lowest BCUT2D eigenvalue weighted by atomic mass is 10.0. The normalized spacial score (nSPS) is 11.6. The Labute approximate surface area is 113 Å². The van der Waals surface area contributed by atoms with Crippen LogP contribution in [0.4, 0.5) is 0 Å². The van der Waals surface area contributed by atoms with E-state index < -0.39 is 0 Å². The Balaban J connectivity index is 2.28. The Morgan fingerprint density at radius 1 is 1.37 bits per heavy atom. The van der Waals surface area contributed by atoms with Crippen LogP contribution < -0.4 is 10.1 Å². The van der Waals surface area contributed by atoms with Crippen molar-refractivity contribution in [2.45, 2.75) is 32.7 Å². The van der Waals surface area contributed by atoms with Crippen molar-refractivity contribution >= 4 is 16.8 Å². The van der Waals surface area contributed by atoms with Crippen LogP contribution in [0.2, 0.25) is 0 Å². The van der Waals surface area contributed by atoms with E-state index in [4.69, 9.17) is 4.74 Å². The van der Waals surface area contributed by atoms with Gasteiger partial charge < -0.3 is 15.0 Å². The fourth-order valence-electron chi connectivity index (χ4n) is 1.82. The van der Waals surface area contributed by atoms with Crippen molar-refractivity contribution in [3.8, 4) is 5.75 Å². The second-order valence-electron chi connectivity index (χ2n) is 5.33. The molecule has 1 aromatic carbocycles. The van der Waals surface area contributed by atoms with Gasteiger partial charge in [-0.1, -0.05) is 6.92 Å². The van der Waals surface area contributed by atoms with E-state index in [1.165, 1.54) is 0 Å². The van der Waals surface area contributed by atoms with Crippen molar-refractivity contribution in [2.24, 2.45) is 0 Å². The molecule has 0 spiro atoms. The van der Waals surface area contributed by atoms with E-state index >= 15 is 0 Å². The lowest BCUT2D eigenvalue weighted by Crippen LogP contribution is -2.42. The number of nitrogens with one attached hydrogen (secondary N) is 2. The molecule has 1 aromatic heterocycles. The van der Waals surface area contributed by atoms with Gasteiger partial charge >= 0.3 is 0 Å². The van der Waals surface area contributed by atoms with Gasteiger partial charge in [-0.2, -0.15) is 0 Å². The van der Waals surface area contributed by atoms with E-state index in [9.17, 15) is 4.79 Å². The highest BCUT2D eigenvalue weighted by atomic mass is 16.5. The molecule has 0 unspecified atom stereocenters. The number of aromatic amines is 1. The monoisotopic (exact) mass is 260 g/mol. The molecule has 19 heavy (non-hydrogen) atoms. The molecule has 102 valence electrons. The molecule has 0 saturated carbocycles. The van der Waals surface area contributed by atoms with E-state index in [0.717, 1.165) is 23.1 Å². The van der Waals surface area contributed by atoms with Crippen LogP contribution >= 0.6 is 0 Å². The Kier molecular flexibility index (Phi) is 3.51. The number of rotatable bonds is 4. The van der Waals surface area contributed by atoms with Crippen LogP contribution in [-0.4, -0.2) is 23.5 Å². The molecule has 1 amide bonds. The molecular weight excluding hydrogens is 240 g/mol. The average Bonchev–Trinajstić information content (AvgIpc) is 2.81. The van der Waals surface area contributed by atoms with Gasteiger partial charge in [0.25, 0.3) is 5.91 Å². The van der Waals surface area contributed by atoms with E-state index in [1.54, 1.807) is 7.11 Å². The minimum absolute atomic E-state index is 0.0815. The van der Waals surface area contributed by atoms with E-state index in [2.05, 4.69) is 17.2 Å². The second kappa shape index (κ2) is 4.96. The molecule has 0 radical (unpaired) electrons. The van der Waals surface area contributed by atoms with E-state index in [0.29, 0.717) is 5.69 Å². The maximum Gasteiger partial charge on any atom is 0.268 e. The SMILES string of the molecule is CCC(C)(C)NC(=O)c1cc2ccc(OC)cc2[nH]1. The summed E-state index contributed by atoms with van der Waals surface area (Å²) in [5.41, 5.74) is 1.27. The molecule has 2 rings (SSSR count). The molecule has 2 aromatic rings. The van der Waals surface area contributed by atoms with E-state index in [-0.39, 0.29) is 11.4 Å². The van der Waals surface area contributed by atoms with Gasteiger partial charge in [0.15, 0.2) is 0 Å². The third-order valence-corrected chi connectivity index (χ3v) is 3.41. The van der Waals surface area contributed by atoms with Crippen LogP contribution in [0.3, 0.4) is 0 Å². The first-order valence-corrected chi connectivity index (χ1v) is 6.44. The van der Waals surface area contributed by atoms with Gasteiger partial charge in [-0.25, -0.2) is 0 Å². The molecule has 4 nitrogen and oxygen atoms in total. The minimum Gasteiger partial charge on any atom is -0.497 e. The second-order valence-corrected chi connectivity index (χ2v) is 5.33. The molecule has 0 saturated heterocycles. The summed E-state index contributed by atoms with van der Waals surface area (Å²) in [6.07, 6.45) is 0.882. The summed E-state index contributed by atoms with van der Waals surface area (Å²) in [4.78, 5) is 15.3. The number of carbonyl (C=O) groups excluding carboxylic acids is 1. The smallest absolute Gasteiger partial charge is 0.268 e. The molecular formula is C15H20N2O2. The average molecular weight is 260 g/mol. The first kappa shape index (κ1) is 13.5. The molecule has 0 aliphatic heterocycles. The number of carbonyl (C=O) groups is 1. The van der Waals surface area contributed by atoms with Crippen molar-refractivity contribution in [3.05, 3.63) is 30.0 Å². The number of hydrogen-bond acceptors (Lipinski definition) is 2. The predicted molar refractivity (Wildman–Crippen MR) is 76.7 cm³/mol. The third kappa shape index (κ3) is 2.89. The van der Waals surface area contributed by atoms with Crippen molar-refractivity contribution in [3.63, 3.8) is 0 Å². The number of fused-ring (bicyclic) bond motifs is 1. The number of hydrogen-bond donors (Lipinski definition) is 2. The van der Waals surface area contributed by atoms with Crippen LogP contribution in [-0.2, 0) is 0 Å². The molecule has 0 atom stereocenters. The van der Waals surface area contributed by atoms with Gasteiger partial charge in [0.1, 0.15) is 11.4 Å². The zero-order valence-electron chi connectivity index (χ0n) is 11.8. The predicted octanol–water partition coefficient (Wildman–Crippen LogP) is 3.09. The highest BCUT2D eigenvalue weighted by Crippen LogP contribution is 2.21. The van der Waals surface area contributed by atoms with Gasteiger partial charge in [0, 0.05) is 22.5 Å². The number of aromatic nitrogens is 1. The van der Waals surface area contributed by atoms with Gasteiger partial charge in [0.05, 0.1) is 7.11 Å². The molecule has 0 aliphatic rings. The number of benzene rings is 1. The Bertz CT molecular complexity index is 599. The fourth-order valence-corrected chi connectivity index (χ4v) is 1.82. The van der Waals surface area contributed by atoms with Crippen LogP contribution in [0.1, 0.15) is 37.7 Å². The summed E-state index contributed by atoms with van der Waals surface area (Å²) in [6.45, 7) is 6.07. The first-order valence-electron chi connectivity index (χ1n) is 6.44. The van der Waals surface area contributed by atoms with Crippen molar-refractivity contribution < 1.29 is 9.53 Å². The van der Waals surface area contributed by atoms with Gasteiger partial charge in [0.2, 0.25) is 0 Å². The number of ether oxygens (including phenoxy) is 1. The van der Waals surface area contributed by atoms with Gasteiger partial charge in [-0.05, 0) is 38.5 Å². The zero-order valence-corrected chi connectivity index (χ0v) is 11.8. The van der Waals surface area contributed by atoms with Crippen molar-refractivity contribution in [2.75, 3.05) is 7.11 Å². The highest BCUT2D eigenvalue weighted by Gasteiger charge is 2.19. The van der Waals surface area contributed by atoms with Crippen molar-refractivity contribution in [1.82, 2.24) is 10.3 Å². The Morgan fingerprint density at radius 2 is 2.11 bits per heavy atom. The number of amides is 1. The quantitative estimate of drug-likeness (QED) is 0.887. The molecule has 0 fully saturated rings. The van der Waals surface area contributed by atoms with Crippen LogP contribution in [0, 0.1) is 0 Å². The topological polar surface area (TPSA) is 54.1 Å². The standard InChI is InChI=1S/C15H20N2O2/c1-5-15(2,3)17-14(18)13-8-10-6-7-11(19-4)9-12(10)16-13/h6-9,16H,5H2,1-4H3,(H,17,18). The van der Waals surface area contributed by atoms with E-state index in [1.807, 2.05) is 38.1 Å². The molecule has 0 bridgehead atoms. The zero-order chi connectivity index (χ0) is 14.0. The summed E-state index contributed by atoms with van der Waals surface area (Å²) in [6, 6.07) is 7.56. The molecule has 1 heterocycles. The Hall–Kier alpha value is -1.97. The summed E-state index contributed by atoms with van der Waals surface area (Å²) in [5.74, 6) is 0.692. The first-order chi connectivity index (χ1) is 8.95. The van der Waals surface area contributed by atoms with Crippen LogP contribution in [0.15, 0.2) is 24.3 Å². The summed E-state index contributed by atoms with van der Waals surface area (Å²) in [5, 5.41) is 4.01. The molecule has 0 aliphatic carbocycles. The fraction of sp³-hybridized carbons (Fsp3) is 0.400. The maximum absolute atomic E-state index is 12.2. The Morgan fingerprint density at radius 3 is 2.74 bits per heavy atom. The molecule has 2 N–H and O–H groups in total. The summed E-state index contributed by atoms with van der Waals surface area (Å²) < 4.78 is 5.17. The van der Waals surface area contributed by atoms with Gasteiger partial charge in [-0.15, -0.1) is 0 Å². The maximum atomic E-state index is 12.2. The number of methoxy groups -OCH3 is 1. The van der Waals surface area contributed by atoms with Gasteiger partial charge in [-0.3, -0.25) is 4.79 Å². The number of H-pyrrole nitrogens is 1. The largest absolute Gasteiger partial charge is 0.497 e. The van der Waals surface area contributed by atoms with Crippen LogP contribution in [0.5, 0.6) is 5.75 Å². The van der Waals surface area contributed by atoms with Crippen LogP contribution in [0.25, 0.3) is 10.9 Å².